The largest absolute Gasteiger partial charge is 0.456 e. The van der Waals surface area contributed by atoms with Gasteiger partial charge in [0.05, 0.1) is 0 Å². The predicted octanol–water partition coefficient (Wildman–Crippen LogP) is 3.55. The van der Waals surface area contributed by atoms with Crippen molar-refractivity contribution in [2.24, 2.45) is 0 Å². The van der Waals surface area contributed by atoms with Crippen LogP contribution in [0, 0.1) is 0 Å². The van der Waals surface area contributed by atoms with Crippen molar-refractivity contribution in [3.8, 4) is 0 Å². The molecule has 2 fully saturated rings. The standard InChI is InChI=1S/C25H33N3O2/c1-26-12-9-20(10-13-26)28-15-14-27(18-21(28)11-16-29)17-19-5-4-7-23-22-6-2-3-8-24(22)30-25(19)23/h2-8,20-21,29H,9-18H2,1H3/t21-/m0/s1. The molecule has 5 rings (SSSR count). The first-order chi connectivity index (χ1) is 14.7. The van der Waals surface area contributed by atoms with E-state index in [-0.39, 0.29) is 6.61 Å². The van der Waals surface area contributed by atoms with Crippen LogP contribution in [0.1, 0.15) is 24.8 Å². The Balaban J connectivity index is 1.33. The summed E-state index contributed by atoms with van der Waals surface area (Å²) in [6.07, 6.45) is 3.35. The molecule has 0 unspecified atom stereocenters. The van der Waals surface area contributed by atoms with Crippen LogP contribution in [0.2, 0.25) is 0 Å². The summed E-state index contributed by atoms with van der Waals surface area (Å²) in [5.41, 5.74) is 3.25. The van der Waals surface area contributed by atoms with Gasteiger partial charge in [-0.05, 0) is 45.5 Å². The zero-order valence-electron chi connectivity index (χ0n) is 18.0. The van der Waals surface area contributed by atoms with Crippen LogP contribution in [0.3, 0.4) is 0 Å². The van der Waals surface area contributed by atoms with E-state index in [1.54, 1.807) is 0 Å². The third kappa shape index (κ3) is 3.87. The number of piperidine rings is 1. The molecular formula is C25H33N3O2. The zero-order chi connectivity index (χ0) is 20.5. The second kappa shape index (κ2) is 8.67. The molecule has 1 atom stereocenters. The average Bonchev–Trinajstić information content (AvgIpc) is 3.15. The van der Waals surface area contributed by atoms with Crippen LogP contribution in [-0.4, -0.2) is 78.3 Å². The summed E-state index contributed by atoms with van der Waals surface area (Å²) in [6, 6.07) is 15.9. The number of nitrogens with zero attached hydrogens (tertiary/aromatic N) is 3. The lowest BCUT2D eigenvalue weighted by molar-refractivity contribution is 0.00605. The number of hydrogen-bond donors (Lipinski definition) is 1. The van der Waals surface area contributed by atoms with Gasteiger partial charge < -0.3 is 14.4 Å². The minimum atomic E-state index is 0.265. The average molecular weight is 408 g/mol. The molecule has 1 N–H and O–H groups in total. The first-order valence-corrected chi connectivity index (χ1v) is 11.4. The summed E-state index contributed by atoms with van der Waals surface area (Å²) in [7, 11) is 2.22. The highest BCUT2D eigenvalue weighted by Gasteiger charge is 2.33. The highest BCUT2D eigenvalue weighted by molar-refractivity contribution is 6.05. The summed E-state index contributed by atoms with van der Waals surface area (Å²) >= 11 is 0. The molecule has 0 saturated carbocycles. The quantitative estimate of drug-likeness (QED) is 0.701. The Labute approximate surface area is 178 Å². The van der Waals surface area contributed by atoms with Gasteiger partial charge in [-0.1, -0.05) is 36.4 Å². The Morgan fingerprint density at radius 3 is 2.60 bits per heavy atom. The van der Waals surface area contributed by atoms with Gasteiger partial charge in [-0.25, -0.2) is 0 Å². The molecule has 0 radical (unpaired) electrons. The number of fused-ring (bicyclic) bond motifs is 3. The maximum atomic E-state index is 9.71. The topological polar surface area (TPSA) is 43.1 Å². The van der Waals surface area contributed by atoms with E-state index in [2.05, 4.69) is 58.1 Å². The summed E-state index contributed by atoms with van der Waals surface area (Å²) < 4.78 is 6.24. The fourth-order valence-corrected chi connectivity index (χ4v) is 5.46. The summed E-state index contributed by atoms with van der Waals surface area (Å²) in [5.74, 6) is 0. The van der Waals surface area contributed by atoms with Crippen molar-refractivity contribution in [1.29, 1.82) is 0 Å². The number of rotatable bonds is 5. The van der Waals surface area contributed by atoms with E-state index < -0.39 is 0 Å². The molecule has 5 nitrogen and oxygen atoms in total. The van der Waals surface area contributed by atoms with Crippen LogP contribution in [0.15, 0.2) is 46.9 Å². The molecule has 3 aromatic rings. The molecule has 3 heterocycles. The molecule has 160 valence electrons. The second-order valence-corrected chi connectivity index (χ2v) is 9.07. The Morgan fingerprint density at radius 1 is 0.967 bits per heavy atom. The van der Waals surface area contributed by atoms with E-state index in [1.807, 2.05) is 6.07 Å². The van der Waals surface area contributed by atoms with Crippen LogP contribution in [0.5, 0.6) is 0 Å². The van der Waals surface area contributed by atoms with Gasteiger partial charge in [0.15, 0.2) is 0 Å². The maximum absolute atomic E-state index is 9.71. The van der Waals surface area contributed by atoms with E-state index in [9.17, 15) is 5.11 Å². The number of aliphatic hydroxyl groups excluding tert-OH is 1. The Kier molecular flexibility index (Phi) is 5.79. The first-order valence-electron chi connectivity index (χ1n) is 11.4. The lowest BCUT2D eigenvalue weighted by Crippen LogP contribution is -2.58. The molecule has 5 heteroatoms. The number of benzene rings is 2. The minimum absolute atomic E-state index is 0.265. The van der Waals surface area contributed by atoms with Gasteiger partial charge in [-0.15, -0.1) is 0 Å². The molecule has 0 amide bonds. The van der Waals surface area contributed by atoms with Crippen molar-refractivity contribution in [2.75, 3.05) is 46.4 Å². The normalized spacial score (nSPS) is 22.9. The Bertz CT molecular complexity index is 992. The molecule has 2 saturated heterocycles. The number of hydrogen-bond acceptors (Lipinski definition) is 5. The highest BCUT2D eigenvalue weighted by Crippen LogP contribution is 2.32. The van der Waals surface area contributed by atoms with Crippen molar-refractivity contribution in [3.05, 3.63) is 48.0 Å². The Morgan fingerprint density at radius 2 is 1.77 bits per heavy atom. The third-order valence-electron chi connectivity index (χ3n) is 7.11. The van der Waals surface area contributed by atoms with Crippen LogP contribution in [0.25, 0.3) is 21.9 Å². The molecule has 1 aromatic heterocycles. The number of aliphatic hydroxyl groups is 1. The van der Waals surface area contributed by atoms with Crippen LogP contribution < -0.4 is 0 Å². The molecule has 2 aliphatic rings. The highest BCUT2D eigenvalue weighted by atomic mass is 16.3. The Hall–Kier alpha value is -1.92. The van der Waals surface area contributed by atoms with E-state index in [1.165, 1.54) is 42.3 Å². The van der Waals surface area contributed by atoms with Gasteiger partial charge in [0.1, 0.15) is 11.2 Å². The van der Waals surface area contributed by atoms with Crippen LogP contribution >= 0.6 is 0 Å². The minimum Gasteiger partial charge on any atom is -0.456 e. The number of likely N-dealkylation sites (tertiary alicyclic amines) is 1. The van der Waals surface area contributed by atoms with Crippen molar-refractivity contribution >= 4 is 21.9 Å². The van der Waals surface area contributed by atoms with Crippen LogP contribution in [-0.2, 0) is 6.54 Å². The molecule has 30 heavy (non-hydrogen) atoms. The van der Waals surface area contributed by atoms with Crippen molar-refractivity contribution in [2.45, 2.75) is 37.9 Å². The molecule has 0 spiro atoms. The molecule has 2 aromatic carbocycles. The summed E-state index contributed by atoms with van der Waals surface area (Å²) in [6.45, 7) is 6.72. The van der Waals surface area contributed by atoms with Gasteiger partial charge >= 0.3 is 0 Å². The van der Waals surface area contributed by atoms with Gasteiger partial charge in [0, 0.05) is 61.2 Å². The SMILES string of the molecule is CN1CCC(N2CCN(Cc3cccc4c3oc3ccccc34)C[C@@H]2CCO)CC1. The predicted molar refractivity (Wildman–Crippen MR) is 122 cm³/mol. The van der Waals surface area contributed by atoms with Crippen LogP contribution in [0.4, 0.5) is 0 Å². The molecular weight excluding hydrogens is 374 g/mol. The van der Waals surface area contributed by atoms with Crippen molar-refractivity contribution in [3.63, 3.8) is 0 Å². The van der Waals surface area contributed by atoms with Gasteiger partial charge in [0.25, 0.3) is 0 Å². The van der Waals surface area contributed by atoms with Gasteiger partial charge in [0.2, 0.25) is 0 Å². The molecule has 0 bridgehead atoms. The van der Waals surface area contributed by atoms with Gasteiger partial charge in [-0.3, -0.25) is 9.80 Å². The maximum Gasteiger partial charge on any atom is 0.139 e. The van der Waals surface area contributed by atoms with Crippen molar-refractivity contribution in [1.82, 2.24) is 14.7 Å². The second-order valence-electron chi connectivity index (χ2n) is 9.07. The third-order valence-corrected chi connectivity index (χ3v) is 7.11. The van der Waals surface area contributed by atoms with E-state index in [4.69, 9.17) is 4.42 Å². The zero-order valence-corrected chi connectivity index (χ0v) is 18.0. The van der Waals surface area contributed by atoms with Crippen molar-refractivity contribution < 1.29 is 9.52 Å². The van der Waals surface area contributed by atoms with E-state index in [0.29, 0.717) is 12.1 Å². The molecule has 2 aliphatic heterocycles. The smallest absolute Gasteiger partial charge is 0.139 e. The monoisotopic (exact) mass is 407 g/mol. The molecule has 0 aliphatic carbocycles. The lowest BCUT2D eigenvalue weighted by atomic mass is 9.98. The lowest BCUT2D eigenvalue weighted by Gasteiger charge is -2.47. The van der Waals surface area contributed by atoms with Gasteiger partial charge in [-0.2, -0.15) is 0 Å². The number of furan rings is 1. The fourth-order valence-electron chi connectivity index (χ4n) is 5.46. The fraction of sp³-hybridized carbons (Fsp3) is 0.520. The van der Waals surface area contributed by atoms with E-state index in [0.717, 1.165) is 43.8 Å². The number of piperazine rings is 1. The van der Waals surface area contributed by atoms with E-state index >= 15 is 0 Å². The first kappa shape index (κ1) is 20.0. The summed E-state index contributed by atoms with van der Waals surface area (Å²) in [4.78, 5) is 7.68. The summed E-state index contributed by atoms with van der Waals surface area (Å²) in [5, 5.41) is 12.1. The number of para-hydroxylation sites is 2.